The molecule has 3 aliphatic rings. The number of nitrogens with one attached hydrogen (secondary N) is 1. The fraction of sp³-hybridized carbons (Fsp3) is 0.611. The van der Waals surface area contributed by atoms with Crippen LogP contribution < -0.4 is 5.32 Å². The number of carbonyl (C=O) groups is 1. The highest BCUT2D eigenvalue weighted by atomic mass is 16.2. The van der Waals surface area contributed by atoms with Gasteiger partial charge >= 0.3 is 0 Å². The van der Waals surface area contributed by atoms with Crippen LogP contribution in [0, 0.1) is 5.92 Å². The van der Waals surface area contributed by atoms with E-state index in [1.165, 1.54) is 31.2 Å². The van der Waals surface area contributed by atoms with Crippen molar-refractivity contribution in [1.82, 2.24) is 10.2 Å². The van der Waals surface area contributed by atoms with Gasteiger partial charge in [0.25, 0.3) is 0 Å². The smallest absolute Gasteiger partial charge is 0.244 e. The van der Waals surface area contributed by atoms with Crippen LogP contribution in [0.2, 0.25) is 0 Å². The molecule has 1 spiro atoms. The summed E-state index contributed by atoms with van der Waals surface area (Å²) in [4.78, 5) is 15.3. The van der Waals surface area contributed by atoms with E-state index in [2.05, 4.69) is 41.4 Å². The molecule has 3 fully saturated rings. The maximum absolute atomic E-state index is 13.1. The maximum atomic E-state index is 13.1. The van der Waals surface area contributed by atoms with Crippen molar-refractivity contribution in [1.29, 1.82) is 0 Å². The van der Waals surface area contributed by atoms with Gasteiger partial charge in [-0.2, -0.15) is 0 Å². The average Bonchev–Trinajstić information content (AvgIpc) is 3.04. The molecule has 1 amide bonds. The van der Waals surface area contributed by atoms with Gasteiger partial charge in [0.2, 0.25) is 5.91 Å². The zero-order valence-electron chi connectivity index (χ0n) is 12.7. The quantitative estimate of drug-likeness (QED) is 0.924. The molecule has 1 heterocycles. The summed E-state index contributed by atoms with van der Waals surface area (Å²) in [5.41, 5.74) is 0.970. The van der Waals surface area contributed by atoms with Crippen molar-refractivity contribution in [2.45, 2.75) is 63.2 Å². The first kappa shape index (κ1) is 13.3. The Hall–Kier alpha value is -1.35. The average molecular weight is 284 g/mol. The van der Waals surface area contributed by atoms with Crippen LogP contribution >= 0.6 is 0 Å². The minimum Gasteiger partial charge on any atom is -0.318 e. The lowest BCUT2D eigenvalue weighted by molar-refractivity contribution is -0.134. The van der Waals surface area contributed by atoms with E-state index in [1.54, 1.807) is 0 Å². The first-order chi connectivity index (χ1) is 10.2. The van der Waals surface area contributed by atoms with Crippen LogP contribution in [-0.4, -0.2) is 22.4 Å². The van der Waals surface area contributed by atoms with Gasteiger partial charge < -0.3 is 4.90 Å². The van der Waals surface area contributed by atoms with Crippen molar-refractivity contribution in [3.05, 3.63) is 35.9 Å². The molecule has 3 nitrogen and oxygen atoms in total. The van der Waals surface area contributed by atoms with E-state index in [1.807, 2.05) is 6.07 Å². The lowest BCUT2D eigenvalue weighted by Gasteiger charge is -2.25. The Balaban J connectivity index is 1.68. The van der Waals surface area contributed by atoms with Gasteiger partial charge in [-0.15, -0.1) is 0 Å². The molecule has 2 saturated carbocycles. The van der Waals surface area contributed by atoms with Crippen LogP contribution in [0.4, 0.5) is 0 Å². The second kappa shape index (κ2) is 4.84. The van der Waals surface area contributed by atoms with Gasteiger partial charge in [0.1, 0.15) is 6.17 Å². The lowest BCUT2D eigenvalue weighted by atomic mass is 9.98. The molecule has 4 rings (SSSR count). The molecule has 2 aliphatic carbocycles. The fourth-order valence-corrected chi connectivity index (χ4v) is 4.33. The monoisotopic (exact) mass is 284 g/mol. The molecule has 0 aromatic heterocycles. The largest absolute Gasteiger partial charge is 0.318 e. The van der Waals surface area contributed by atoms with Gasteiger partial charge in [-0.3, -0.25) is 10.1 Å². The molecule has 0 radical (unpaired) electrons. The van der Waals surface area contributed by atoms with Gasteiger partial charge in [0.05, 0.1) is 5.54 Å². The van der Waals surface area contributed by atoms with E-state index >= 15 is 0 Å². The Morgan fingerprint density at radius 3 is 2.57 bits per heavy atom. The van der Waals surface area contributed by atoms with E-state index in [0.717, 1.165) is 12.8 Å². The van der Waals surface area contributed by atoms with Crippen LogP contribution in [-0.2, 0) is 4.79 Å². The molecule has 21 heavy (non-hydrogen) atoms. The normalized spacial score (nSPS) is 33.9. The number of rotatable bonds is 3. The SMILES string of the molecule is CCC1CC1N1C(=O)C2(CCCC2)NC1c1ccccc1. The van der Waals surface area contributed by atoms with Crippen molar-refractivity contribution in [2.75, 3.05) is 0 Å². The number of carbonyl (C=O) groups excluding carboxylic acids is 1. The molecule has 1 aromatic carbocycles. The van der Waals surface area contributed by atoms with Crippen LogP contribution in [0.15, 0.2) is 30.3 Å². The second-order valence-corrected chi connectivity index (χ2v) is 6.93. The number of benzene rings is 1. The summed E-state index contributed by atoms with van der Waals surface area (Å²) in [5.74, 6) is 1.08. The number of hydrogen-bond donors (Lipinski definition) is 1. The summed E-state index contributed by atoms with van der Waals surface area (Å²) in [6.45, 7) is 2.24. The molecule has 0 bridgehead atoms. The van der Waals surface area contributed by atoms with E-state index in [4.69, 9.17) is 0 Å². The molecule has 1 N–H and O–H groups in total. The van der Waals surface area contributed by atoms with Crippen molar-refractivity contribution in [2.24, 2.45) is 5.92 Å². The first-order valence-electron chi connectivity index (χ1n) is 8.40. The third kappa shape index (κ3) is 2.02. The first-order valence-corrected chi connectivity index (χ1v) is 8.40. The Bertz CT molecular complexity index is 535. The molecule has 1 aliphatic heterocycles. The van der Waals surface area contributed by atoms with Gasteiger partial charge in [0, 0.05) is 6.04 Å². The van der Waals surface area contributed by atoms with Crippen LogP contribution in [0.5, 0.6) is 0 Å². The lowest BCUT2D eigenvalue weighted by Crippen LogP contribution is -2.44. The minimum atomic E-state index is -0.263. The Kier molecular flexibility index (Phi) is 3.07. The molecule has 3 heteroatoms. The van der Waals surface area contributed by atoms with E-state index in [-0.39, 0.29) is 11.7 Å². The summed E-state index contributed by atoms with van der Waals surface area (Å²) in [6.07, 6.45) is 6.82. The molecule has 1 aromatic rings. The molecular formula is C18H24N2O. The van der Waals surface area contributed by atoms with Gasteiger partial charge in [-0.1, -0.05) is 56.5 Å². The third-order valence-corrected chi connectivity index (χ3v) is 5.67. The number of nitrogens with zero attached hydrogens (tertiary/aromatic N) is 1. The van der Waals surface area contributed by atoms with Crippen molar-refractivity contribution < 1.29 is 4.79 Å². The summed E-state index contributed by atoms with van der Waals surface area (Å²) in [5, 5.41) is 3.72. The number of amides is 1. The Labute approximate surface area is 126 Å². The highest BCUT2D eigenvalue weighted by Gasteiger charge is 2.58. The Morgan fingerprint density at radius 2 is 1.95 bits per heavy atom. The zero-order chi connectivity index (χ0) is 14.4. The van der Waals surface area contributed by atoms with Crippen molar-refractivity contribution in [3.8, 4) is 0 Å². The summed E-state index contributed by atoms with van der Waals surface area (Å²) < 4.78 is 0. The van der Waals surface area contributed by atoms with Crippen LogP contribution in [0.1, 0.15) is 57.2 Å². The summed E-state index contributed by atoms with van der Waals surface area (Å²) >= 11 is 0. The van der Waals surface area contributed by atoms with Crippen molar-refractivity contribution in [3.63, 3.8) is 0 Å². The molecular weight excluding hydrogens is 260 g/mol. The second-order valence-electron chi connectivity index (χ2n) is 6.93. The molecule has 112 valence electrons. The van der Waals surface area contributed by atoms with Gasteiger partial charge in [0.15, 0.2) is 0 Å². The van der Waals surface area contributed by atoms with Gasteiger partial charge in [-0.05, 0) is 30.7 Å². The Morgan fingerprint density at radius 1 is 1.24 bits per heavy atom. The predicted molar refractivity (Wildman–Crippen MR) is 82.5 cm³/mol. The highest BCUT2D eigenvalue weighted by molar-refractivity contribution is 5.90. The molecule has 1 saturated heterocycles. The summed E-state index contributed by atoms with van der Waals surface area (Å²) in [6, 6.07) is 10.9. The fourth-order valence-electron chi connectivity index (χ4n) is 4.33. The zero-order valence-corrected chi connectivity index (χ0v) is 12.7. The van der Waals surface area contributed by atoms with Crippen LogP contribution in [0.25, 0.3) is 0 Å². The highest BCUT2D eigenvalue weighted by Crippen LogP contribution is 2.48. The maximum Gasteiger partial charge on any atom is 0.244 e. The van der Waals surface area contributed by atoms with Crippen LogP contribution in [0.3, 0.4) is 0 Å². The standard InChI is InChI=1S/C18H24N2O/c1-2-13-12-15(13)20-16(14-8-4-3-5-9-14)19-18(17(20)21)10-6-7-11-18/h3-5,8-9,13,15-16,19H,2,6-7,10-12H2,1H3. The van der Waals surface area contributed by atoms with E-state index in [0.29, 0.717) is 17.9 Å². The van der Waals surface area contributed by atoms with E-state index in [9.17, 15) is 4.79 Å². The third-order valence-electron chi connectivity index (χ3n) is 5.67. The van der Waals surface area contributed by atoms with Crippen molar-refractivity contribution >= 4 is 5.91 Å². The molecule has 3 atom stereocenters. The number of hydrogen-bond acceptors (Lipinski definition) is 2. The van der Waals surface area contributed by atoms with Gasteiger partial charge in [-0.25, -0.2) is 0 Å². The molecule has 3 unspecified atom stereocenters. The minimum absolute atomic E-state index is 0.0818. The summed E-state index contributed by atoms with van der Waals surface area (Å²) in [7, 11) is 0. The van der Waals surface area contributed by atoms with E-state index < -0.39 is 0 Å². The predicted octanol–water partition coefficient (Wildman–Crippen LogP) is 3.23. The topological polar surface area (TPSA) is 32.3 Å².